The van der Waals surface area contributed by atoms with Crippen molar-refractivity contribution >= 4 is 38.8 Å². The second-order valence-corrected chi connectivity index (χ2v) is 8.26. The monoisotopic (exact) mass is 434 g/mol. The SMILES string of the molecule is O=C1CCCN1c1ccc(NCc2nc3scc(-c4ccc(F)cc4)c3c(=O)[nH]2)cc1. The molecule has 1 fully saturated rings. The molecule has 6 nitrogen and oxygen atoms in total. The summed E-state index contributed by atoms with van der Waals surface area (Å²) in [7, 11) is 0. The van der Waals surface area contributed by atoms with Gasteiger partial charge >= 0.3 is 0 Å². The molecular formula is C23H19FN4O2S. The molecule has 156 valence electrons. The lowest BCUT2D eigenvalue weighted by atomic mass is 10.1. The molecule has 5 rings (SSSR count). The van der Waals surface area contributed by atoms with Gasteiger partial charge < -0.3 is 15.2 Å². The van der Waals surface area contributed by atoms with Crippen LogP contribution in [0.2, 0.25) is 0 Å². The fourth-order valence-electron chi connectivity index (χ4n) is 3.79. The molecule has 0 aliphatic carbocycles. The topological polar surface area (TPSA) is 78.1 Å². The summed E-state index contributed by atoms with van der Waals surface area (Å²) in [5, 5.41) is 5.64. The first-order valence-corrected chi connectivity index (χ1v) is 10.9. The van der Waals surface area contributed by atoms with Gasteiger partial charge in [-0.3, -0.25) is 9.59 Å². The molecule has 0 bridgehead atoms. The number of rotatable bonds is 5. The van der Waals surface area contributed by atoms with Crippen molar-refractivity contribution < 1.29 is 9.18 Å². The third kappa shape index (κ3) is 3.82. The van der Waals surface area contributed by atoms with E-state index in [-0.39, 0.29) is 17.3 Å². The van der Waals surface area contributed by atoms with Crippen molar-refractivity contribution in [2.75, 3.05) is 16.8 Å². The molecule has 0 saturated carbocycles. The van der Waals surface area contributed by atoms with Crippen LogP contribution in [0.1, 0.15) is 18.7 Å². The highest BCUT2D eigenvalue weighted by molar-refractivity contribution is 7.17. The molecule has 0 atom stereocenters. The van der Waals surface area contributed by atoms with Crippen molar-refractivity contribution in [3.05, 3.63) is 75.9 Å². The summed E-state index contributed by atoms with van der Waals surface area (Å²) in [6.45, 7) is 1.12. The molecule has 0 radical (unpaired) electrons. The van der Waals surface area contributed by atoms with Gasteiger partial charge in [0.15, 0.2) is 0 Å². The summed E-state index contributed by atoms with van der Waals surface area (Å²) in [5.74, 6) is 0.374. The van der Waals surface area contributed by atoms with Gasteiger partial charge in [0.05, 0.1) is 11.9 Å². The fraction of sp³-hybridized carbons (Fsp3) is 0.174. The molecule has 2 aromatic heterocycles. The number of H-pyrrole nitrogens is 1. The number of carbonyl (C=O) groups is 1. The van der Waals surface area contributed by atoms with E-state index in [4.69, 9.17) is 0 Å². The lowest BCUT2D eigenvalue weighted by molar-refractivity contribution is -0.117. The number of aromatic nitrogens is 2. The van der Waals surface area contributed by atoms with Crippen LogP contribution in [-0.2, 0) is 11.3 Å². The minimum Gasteiger partial charge on any atom is -0.378 e. The Bertz CT molecular complexity index is 1310. The molecule has 0 spiro atoms. The largest absolute Gasteiger partial charge is 0.378 e. The number of aromatic amines is 1. The summed E-state index contributed by atoms with van der Waals surface area (Å²) in [4.78, 5) is 34.5. The first-order valence-electron chi connectivity index (χ1n) is 9.99. The standard InChI is InChI=1S/C23H19FN4O2S/c24-15-5-3-14(4-6-15)18-13-31-23-21(18)22(30)26-19(27-23)12-25-16-7-9-17(10-8-16)28-11-1-2-20(28)29/h3-10,13,25H,1-2,11-12H2,(H,26,27,30). The van der Waals surface area contributed by atoms with Crippen LogP contribution in [0.15, 0.2) is 58.7 Å². The molecule has 1 aliphatic heterocycles. The van der Waals surface area contributed by atoms with E-state index >= 15 is 0 Å². The van der Waals surface area contributed by atoms with Gasteiger partial charge in [-0.15, -0.1) is 11.3 Å². The maximum Gasteiger partial charge on any atom is 0.260 e. The van der Waals surface area contributed by atoms with Crippen molar-refractivity contribution in [2.45, 2.75) is 19.4 Å². The van der Waals surface area contributed by atoms with Crippen LogP contribution in [0, 0.1) is 5.82 Å². The lowest BCUT2D eigenvalue weighted by Gasteiger charge is -2.16. The van der Waals surface area contributed by atoms with E-state index in [0.717, 1.165) is 35.5 Å². The van der Waals surface area contributed by atoms with Crippen molar-refractivity contribution in [2.24, 2.45) is 0 Å². The number of thiophene rings is 1. The molecule has 8 heteroatoms. The van der Waals surface area contributed by atoms with E-state index in [1.165, 1.54) is 23.5 Å². The molecule has 4 aromatic rings. The Labute approximate surface area is 181 Å². The first-order chi connectivity index (χ1) is 15.1. The van der Waals surface area contributed by atoms with Crippen LogP contribution in [0.25, 0.3) is 21.3 Å². The van der Waals surface area contributed by atoms with Gasteiger partial charge in [0.2, 0.25) is 5.91 Å². The zero-order valence-corrected chi connectivity index (χ0v) is 17.3. The minimum atomic E-state index is -0.316. The number of amides is 1. The Morgan fingerprint density at radius 3 is 2.58 bits per heavy atom. The van der Waals surface area contributed by atoms with Crippen LogP contribution >= 0.6 is 11.3 Å². The summed E-state index contributed by atoms with van der Waals surface area (Å²) >= 11 is 1.39. The smallest absolute Gasteiger partial charge is 0.260 e. The molecule has 1 saturated heterocycles. The van der Waals surface area contributed by atoms with E-state index in [2.05, 4.69) is 15.3 Å². The Morgan fingerprint density at radius 2 is 1.87 bits per heavy atom. The molecule has 3 heterocycles. The Morgan fingerprint density at radius 1 is 1.10 bits per heavy atom. The molecule has 1 aliphatic rings. The predicted molar refractivity (Wildman–Crippen MR) is 121 cm³/mol. The number of benzene rings is 2. The van der Waals surface area contributed by atoms with Gasteiger partial charge in [0.25, 0.3) is 5.56 Å². The minimum absolute atomic E-state index is 0.159. The molecule has 2 N–H and O–H groups in total. The van der Waals surface area contributed by atoms with Gasteiger partial charge in [-0.05, 0) is 48.4 Å². The molecule has 1 amide bonds. The van der Waals surface area contributed by atoms with Gasteiger partial charge in [0, 0.05) is 35.3 Å². The Kier molecular flexibility index (Phi) is 4.99. The zero-order chi connectivity index (χ0) is 21.4. The van der Waals surface area contributed by atoms with E-state index in [9.17, 15) is 14.0 Å². The second-order valence-electron chi connectivity index (χ2n) is 7.40. The van der Waals surface area contributed by atoms with Gasteiger partial charge in [-0.2, -0.15) is 0 Å². The number of hydrogen-bond donors (Lipinski definition) is 2. The quantitative estimate of drug-likeness (QED) is 0.484. The molecule has 31 heavy (non-hydrogen) atoms. The van der Waals surface area contributed by atoms with Gasteiger partial charge in [-0.1, -0.05) is 12.1 Å². The van der Waals surface area contributed by atoms with Crippen LogP contribution in [-0.4, -0.2) is 22.4 Å². The highest BCUT2D eigenvalue weighted by Gasteiger charge is 2.21. The van der Waals surface area contributed by atoms with Crippen molar-refractivity contribution in [1.82, 2.24) is 9.97 Å². The second kappa shape index (κ2) is 7.96. The molecule has 2 aromatic carbocycles. The number of halogens is 1. The fourth-order valence-corrected chi connectivity index (χ4v) is 4.75. The number of anilines is 2. The van der Waals surface area contributed by atoms with E-state index < -0.39 is 0 Å². The van der Waals surface area contributed by atoms with Gasteiger partial charge in [0.1, 0.15) is 16.5 Å². The molecular weight excluding hydrogens is 415 g/mol. The predicted octanol–water partition coefficient (Wildman–Crippen LogP) is 4.53. The van der Waals surface area contributed by atoms with Crippen LogP contribution in [0.4, 0.5) is 15.8 Å². The van der Waals surface area contributed by atoms with Crippen molar-refractivity contribution in [1.29, 1.82) is 0 Å². The maximum atomic E-state index is 13.2. The normalized spacial score (nSPS) is 13.8. The summed E-state index contributed by atoms with van der Waals surface area (Å²) in [6, 6.07) is 13.7. The maximum absolute atomic E-state index is 13.2. The lowest BCUT2D eigenvalue weighted by Crippen LogP contribution is -2.23. The van der Waals surface area contributed by atoms with E-state index in [1.807, 2.05) is 29.6 Å². The first kappa shape index (κ1) is 19.4. The Hall–Kier alpha value is -3.52. The van der Waals surface area contributed by atoms with Gasteiger partial charge in [-0.25, -0.2) is 9.37 Å². The van der Waals surface area contributed by atoms with Crippen molar-refractivity contribution in [3.8, 4) is 11.1 Å². The third-order valence-corrected chi connectivity index (χ3v) is 6.23. The average Bonchev–Trinajstić information content (AvgIpc) is 3.40. The summed E-state index contributed by atoms with van der Waals surface area (Å²) < 4.78 is 13.2. The zero-order valence-electron chi connectivity index (χ0n) is 16.5. The number of carbonyl (C=O) groups excluding carboxylic acids is 1. The highest BCUT2D eigenvalue weighted by Crippen LogP contribution is 2.31. The Balaban J connectivity index is 1.34. The van der Waals surface area contributed by atoms with Crippen LogP contribution in [0.3, 0.4) is 0 Å². The number of nitrogens with zero attached hydrogens (tertiary/aromatic N) is 2. The number of hydrogen-bond acceptors (Lipinski definition) is 5. The number of fused-ring (bicyclic) bond motifs is 1. The van der Waals surface area contributed by atoms with Crippen molar-refractivity contribution in [3.63, 3.8) is 0 Å². The summed E-state index contributed by atoms with van der Waals surface area (Å²) in [6.07, 6.45) is 1.50. The van der Waals surface area contributed by atoms with Crippen LogP contribution in [0.5, 0.6) is 0 Å². The third-order valence-electron chi connectivity index (χ3n) is 5.36. The summed E-state index contributed by atoms with van der Waals surface area (Å²) in [5.41, 5.74) is 3.08. The highest BCUT2D eigenvalue weighted by atomic mass is 32.1. The number of nitrogens with one attached hydrogen (secondary N) is 2. The average molecular weight is 434 g/mol. The van der Waals surface area contributed by atoms with Crippen LogP contribution < -0.4 is 15.8 Å². The molecule has 0 unspecified atom stereocenters. The van der Waals surface area contributed by atoms with E-state index in [0.29, 0.717) is 29.0 Å². The van der Waals surface area contributed by atoms with E-state index in [1.54, 1.807) is 17.0 Å².